The summed E-state index contributed by atoms with van der Waals surface area (Å²) in [6, 6.07) is 15.5. The lowest BCUT2D eigenvalue weighted by molar-refractivity contribution is -0.149. The minimum Gasteiger partial charge on any atom is -0.469 e. The molecule has 1 saturated carbocycles. The van der Waals surface area contributed by atoms with Gasteiger partial charge in [-0.1, -0.05) is 73.4 Å². The molecule has 3 aliphatic carbocycles. The van der Waals surface area contributed by atoms with E-state index in [0.717, 1.165) is 51.9 Å². The first-order valence-corrected chi connectivity index (χ1v) is 13.7. The van der Waals surface area contributed by atoms with Crippen LogP contribution >= 0.6 is 0 Å². The summed E-state index contributed by atoms with van der Waals surface area (Å²) >= 11 is 0. The maximum atomic E-state index is 14.5. The number of ether oxygens (including phenoxy) is 2. The number of fused-ring (bicyclic) bond motifs is 1. The topological polar surface area (TPSA) is 135 Å². The number of nitrogens with zero attached hydrogens (tertiary/aromatic N) is 2. The van der Waals surface area contributed by atoms with Crippen LogP contribution in [-0.2, 0) is 19.1 Å². The Morgan fingerprint density at radius 1 is 0.976 bits per heavy atom. The van der Waals surface area contributed by atoms with Gasteiger partial charge < -0.3 is 14.8 Å². The van der Waals surface area contributed by atoms with Crippen LogP contribution in [0.3, 0.4) is 0 Å². The monoisotopic (exact) mass is 553 g/mol. The Bertz CT molecular complexity index is 1490. The number of aliphatic imine (C=N–C) groups is 1. The molecule has 1 N–H and O–H groups in total. The molecular formula is C32H31N3O6. The predicted molar refractivity (Wildman–Crippen MR) is 149 cm³/mol. The Hall–Kier alpha value is -4.58. The Morgan fingerprint density at radius 2 is 1.59 bits per heavy atom. The molecule has 0 unspecified atom stereocenters. The van der Waals surface area contributed by atoms with Gasteiger partial charge in [0.25, 0.3) is 0 Å². The van der Waals surface area contributed by atoms with Crippen molar-refractivity contribution in [2.75, 3.05) is 14.2 Å². The molecule has 0 aromatic heterocycles. The minimum absolute atomic E-state index is 0.0553. The zero-order valence-corrected chi connectivity index (χ0v) is 23.2. The van der Waals surface area contributed by atoms with E-state index < -0.39 is 40.4 Å². The Morgan fingerprint density at radius 3 is 2.12 bits per heavy atom. The lowest BCUT2D eigenvalue weighted by Crippen LogP contribution is -2.58. The number of ketones is 2. The summed E-state index contributed by atoms with van der Waals surface area (Å²) in [6.07, 6.45) is 5.75. The second-order valence-electron chi connectivity index (χ2n) is 10.7. The van der Waals surface area contributed by atoms with E-state index in [9.17, 15) is 24.4 Å². The molecule has 2 aromatic rings. The van der Waals surface area contributed by atoms with E-state index in [1.54, 1.807) is 24.3 Å². The third kappa shape index (κ3) is 4.08. The fourth-order valence-electron chi connectivity index (χ4n) is 6.50. The number of Topliss-reactive ketones (excluding diaryl/α,β-unsaturated/α-hetero) is 2. The largest absolute Gasteiger partial charge is 0.469 e. The molecule has 3 aliphatic rings. The summed E-state index contributed by atoms with van der Waals surface area (Å²) in [5.74, 6) is -5.26. The van der Waals surface area contributed by atoms with Crippen LogP contribution in [0.4, 0.5) is 0 Å². The Labute approximate surface area is 238 Å². The number of nitrogens with one attached hydrogen (secondary N) is 1. The van der Waals surface area contributed by atoms with Gasteiger partial charge in [-0.05, 0) is 25.3 Å². The van der Waals surface area contributed by atoms with Crippen molar-refractivity contribution in [3.63, 3.8) is 0 Å². The standard InChI is InChI=1S/C32H31N3O6/c1-19-13-15-20(16-14-19)17-34-31(18-33)26(35-21-9-5-4-6-10-21)24(29(38)40-2)25(30(39)41-3)32(31)27(36)22-11-7-8-12-23(22)28(32)37/h7-8,11-17,21,25,35H,4-6,9-10H2,1-3H3/t25-,31-/m1/s1. The van der Waals surface area contributed by atoms with Crippen LogP contribution in [0.15, 0.2) is 64.8 Å². The summed E-state index contributed by atoms with van der Waals surface area (Å²) in [7, 11) is 2.25. The van der Waals surface area contributed by atoms with Crippen LogP contribution in [0, 0.1) is 29.6 Å². The number of carbonyl (C=O) groups is 4. The van der Waals surface area contributed by atoms with E-state index in [0.29, 0.717) is 5.56 Å². The predicted octanol–water partition coefficient (Wildman–Crippen LogP) is 3.89. The average Bonchev–Trinajstić information content (AvgIpc) is 3.39. The fourth-order valence-corrected chi connectivity index (χ4v) is 6.50. The van der Waals surface area contributed by atoms with Gasteiger partial charge in [-0.3, -0.25) is 19.4 Å². The third-order valence-electron chi connectivity index (χ3n) is 8.50. The van der Waals surface area contributed by atoms with Crippen LogP contribution in [-0.4, -0.2) is 55.5 Å². The summed E-state index contributed by atoms with van der Waals surface area (Å²) in [4.78, 5) is 60.9. The number of hydrogen-bond donors (Lipinski definition) is 1. The Kier molecular flexibility index (Phi) is 7.35. The van der Waals surface area contributed by atoms with Crippen molar-refractivity contribution < 1.29 is 28.7 Å². The first kappa shape index (κ1) is 28.0. The number of carbonyl (C=O) groups excluding carboxylic acids is 4. The van der Waals surface area contributed by atoms with Gasteiger partial charge in [-0.2, -0.15) is 5.26 Å². The molecule has 2 atom stereocenters. The number of rotatable bonds is 6. The van der Waals surface area contributed by atoms with Crippen molar-refractivity contribution in [1.82, 2.24) is 5.32 Å². The van der Waals surface area contributed by atoms with Gasteiger partial charge >= 0.3 is 11.9 Å². The SMILES string of the molecule is COC(=O)C1=C(NC2CCCCC2)[C@@](C#N)(N=Cc2ccc(C)cc2)C2(C(=O)c3ccccc3C2=O)[C@H]1C(=O)OC. The number of hydrogen-bond acceptors (Lipinski definition) is 9. The minimum atomic E-state index is -2.43. The van der Waals surface area contributed by atoms with Gasteiger partial charge in [0.05, 0.1) is 25.5 Å². The van der Waals surface area contributed by atoms with Crippen molar-refractivity contribution in [3.05, 3.63) is 82.1 Å². The molecular weight excluding hydrogens is 522 g/mol. The highest BCUT2D eigenvalue weighted by Crippen LogP contribution is 2.61. The number of nitriles is 1. The molecule has 9 nitrogen and oxygen atoms in total. The van der Waals surface area contributed by atoms with Crippen LogP contribution < -0.4 is 5.32 Å². The number of aryl methyl sites for hydroxylation is 1. The molecule has 9 heteroatoms. The van der Waals surface area contributed by atoms with Crippen molar-refractivity contribution in [3.8, 4) is 6.07 Å². The first-order chi connectivity index (χ1) is 19.8. The molecule has 0 saturated heterocycles. The molecule has 0 radical (unpaired) electrons. The highest BCUT2D eigenvalue weighted by Gasteiger charge is 2.78. The van der Waals surface area contributed by atoms with E-state index in [-0.39, 0.29) is 28.4 Å². The normalized spacial score (nSPS) is 23.5. The van der Waals surface area contributed by atoms with Gasteiger partial charge in [0.15, 0.2) is 17.0 Å². The molecule has 1 fully saturated rings. The van der Waals surface area contributed by atoms with E-state index in [1.807, 2.05) is 19.1 Å². The zero-order valence-electron chi connectivity index (χ0n) is 23.2. The van der Waals surface area contributed by atoms with Crippen LogP contribution in [0.25, 0.3) is 0 Å². The lowest BCUT2D eigenvalue weighted by Gasteiger charge is -2.38. The van der Waals surface area contributed by atoms with Gasteiger partial charge in [-0.25, -0.2) is 4.79 Å². The maximum absolute atomic E-state index is 14.5. The Balaban J connectivity index is 1.86. The van der Waals surface area contributed by atoms with E-state index in [1.165, 1.54) is 18.3 Å². The van der Waals surface area contributed by atoms with E-state index >= 15 is 0 Å². The zero-order chi connectivity index (χ0) is 29.4. The molecule has 210 valence electrons. The van der Waals surface area contributed by atoms with Gasteiger partial charge in [0.2, 0.25) is 5.54 Å². The van der Waals surface area contributed by atoms with Crippen molar-refractivity contribution in [1.29, 1.82) is 5.26 Å². The van der Waals surface area contributed by atoms with Crippen LogP contribution in [0.5, 0.6) is 0 Å². The first-order valence-electron chi connectivity index (χ1n) is 13.7. The highest BCUT2D eigenvalue weighted by molar-refractivity contribution is 6.34. The summed E-state index contributed by atoms with van der Waals surface area (Å²) in [5, 5.41) is 14.4. The molecule has 2 aromatic carbocycles. The third-order valence-corrected chi connectivity index (χ3v) is 8.50. The van der Waals surface area contributed by atoms with Gasteiger partial charge in [0.1, 0.15) is 12.0 Å². The second-order valence-corrected chi connectivity index (χ2v) is 10.7. The molecule has 41 heavy (non-hydrogen) atoms. The summed E-state index contributed by atoms with van der Waals surface area (Å²) in [5.41, 5.74) is -3.36. The highest BCUT2D eigenvalue weighted by atomic mass is 16.5. The smallest absolute Gasteiger partial charge is 0.336 e. The van der Waals surface area contributed by atoms with Gasteiger partial charge in [0, 0.05) is 23.4 Å². The fraction of sp³-hybridized carbons (Fsp3) is 0.375. The molecule has 5 rings (SSSR count). The molecule has 1 spiro atoms. The average molecular weight is 554 g/mol. The van der Waals surface area contributed by atoms with Crippen molar-refractivity contribution >= 4 is 29.7 Å². The van der Waals surface area contributed by atoms with Crippen LogP contribution in [0.1, 0.15) is 63.9 Å². The van der Waals surface area contributed by atoms with Crippen molar-refractivity contribution in [2.24, 2.45) is 16.3 Å². The van der Waals surface area contributed by atoms with Gasteiger partial charge in [-0.15, -0.1) is 0 Å². The molecule has 0 bridgehead atoms. The number of benzene rings is 2. The number of esters is 2. The molecule has 0 heterocycles. The molecule has 0 amide bonds. The lowest BCUT2D eigenvalue weighted by atomic mass is 9.62. The summed E-state index contributed by atoms with van der Waals surface area (Å²) in [6.45, 7) is 1.93. The van der Waals surface area contributed by atoms with E-state index in [2.05, 4.69) is 11.4 Å². The van der Waals surface area contributed by atoms with Crippen LogP contribution in [0.2, 0.25) is 0 Å². The maximum Gasteiger partial charge on any atom is 0.336 e. The molecule has 0 aliphatic heterocycles. The summed E-state index contributed by atoms with van der Waals surface area (Å²) < 4.78 is 10.2. The van der Waals surface area contributed by atoms with E-state index in [4.69, 9.17) is 14.5 Å². The quantitative estimate of drug-likeness (QED) is 0.323. The second kappa shape index (κ2) is 10.8. The number of methoxy groups -OCH3 is 2. The van der Waals surface area contributed by atoms with Crippen molar-refractivity contribution in [2.45, 2.75) is 50.6 Å².